The van der Waals surface area contributed by atoms with Crippen molar-refractivity contribution in [3.8, 4) is 0 Å². The maximum Gasteiger partial charge on any atom is 0.272 e. The number of nitrogens with one attached hydrogen (secondary N) is 1. The Labute approximate surface area is 121 Å². The van der Waals surface area contributed by atoms with Crippen molar-refractivity contribution in [2.45, 2.75) is 53.0 Å². The van der Waals surface area contributed by atoms with E-state index < -0.39 is 0 Å². The van der Waals surface area contributed by atoms with Crippen LogP contribution < -0.4 is 5.32 Å². The third-order valence-corrected chi connectivity index (χ3v) is 3.80. The van der Waals surface area contributed by atoms with Gasteiger partial charge in [-0.3, -0.25) is 10.1 Å². The summed E-state index contributed by atoms with van der Waals surface area (Å²) in [6.45, 7) is 9.46. The van der Waals surface area contributed by atoms with Crippen molar-refractivity contribution in [1.82, 2.24) is 5.32 Å². The van der Waals surface area contributed by atoms with Gasteiger partial charge in [-0.1, -0.05) is 32.9 Å². The van der Waals surface area contributed by atoms with E-state index in [9.17, 15) is 10.1 Å². The van der Waals surface area contributed by atoms with E-state index in [0.29, 0.717) is 12.0 Å². The van der Waals surface area contributed by atoms with Gasteiger partial charge in [0.15, 0.2) is 0 Å². The second-order valence-corrected chi connectivity index (χ2v) is 5.66. The Morgan fingerprint density at radius 3 is 2.60 bits per heavy atom. The zero-order chi connectivity index (χ0) is 15.1. The highest BCUT2D eigenvalue weighted by atomic mass is 16.6. The molecule has 0 saturated carbocycles. The van der Waals surface area contributed by atoms with Gasteiger partial charge in [0.25, 0.3) is 5.69 Å². The van der Waals surface area contributed by atoms with Crippen LogP contribution in [0.3, 0.4) is 0 Å². The molecule has 0 heterocycles. The molecule has 1 rings (SSSR count). The van der Waals surface area contributed by atoms with Crippen LogP contribution >= 0.6 is 0 Å². The first-order valence-corrected chi connectivity index (χ1v) is 7.43. The van der Waals surface area contributed by atoms with Crippen molar-refractivity contribution >= 4 is 5.69 Å². The van der Waals surface area contributed by atoms with E-state index >= 15 is 0 Å². The standard InChI is InChI=1S/C16H26N2O2/c1-5-11-17-15(12(2)3)10-9-14-7-6-8-16(13(14)4)18(19)20/h6-8,12,15,17H,5,9-11H2,1-4H3. The second-order valence-electron chi connectivity index (χ2n) is 5.66. The predicted octanol–water partition coefficient (Wildman–Crippen LogP) is 3.86. The topological polar surface area (TPSA) is 55.2 Å². The van der Waals surface area contributed by atoms with E-state index in [1.54, 1.807) is 12.1 Å². The third kappa shape index (κ3) is 4.60. The summed E-state index contributed by atoms with van der Waals surface area (Å²) in [7, 11) is 0. The molecule has 0 aliphatic carbocycles. The minimum atomic E-state index is -0.298. The molecular formula is C16H26N2O2. The van der Waals surface area contributed by atoms with E-state index in [-0.39, 0.29) is 10.6 Å². The lowest BCUT2D eigenvalue weighted by atomic mass is 9.94. The van der Waals surface area contributed by atoms with E-state index in [4.69, 9.17) is 0 Å². The number of hydrogen-bond donors (Lipinski definition) is 1. The van der Waals surface area contributed by atoms with Crippen LogP contribution in [0.2, 0.25) is 0 Å². The first-order valence-electron chi connectivity index (χ1n) is 7.43. The molecule has 0 aliphatic heterocycles. The molecule has 4 nitrogen and oxygen atoms in total. The molecule has 0 bridgehead atoms. The van der Waals surface area contributed by atoms with Gasteiger partial charge in [0.05, 0.1) is 4.92 Å². The number of nitrogens with zero attached hydrogens (tertiary/aromatic N) is 1. The number of aryl methyl sites for hydroxylation is 1. The van der Waals surface area contributed by atoms with Crippen molar-refractivity contribution in [3.05, 3.63) is 39.4 Å². The Morgan fingerprint density at radius 2 is 2.05 bits per heavy atom. The summed E-state index contributed by atoms with van der Waals surface area (Å²) in [5, 5.41) is 14.5. The van der Waals surface area contributed by atoms with Crippen molar-refractivity contribution in [3.63, 3.8) is 0 Å². The predicted molar refractivity (Wildman–Crippen MR) is 83.1 cm³/mol. The van der Waals surface area contributed by atoms with Gasteiger partial charge in [0.1, 0.15) is 0 Å². The first-order chi connectivity index (χ1) is 9.47. The maximum absolute atomic E-state index is 11.0. The molecule has 1 N–H and O–H groups in total. The molecule has 1 atom stereocenters. The fraction of sp³-hybridized carbons (Fsp3) is 0.625. The van der Waals surface area contributed by atoms with E-state index in [0.717, 1.165) is 36.9 Å². The molecule has 0 saturated heterocycles. The van der Waals surface area contributed by atoms with Gasteiger partial charge in [-0.05, 0) is 44.2 Å². The minimum Gasteiger partial charge on any atom is -0.314 e. The number of rotatable bonds is 8. The number of hydrogen-bond acceptors (Lipinski definition) is 3. The highest BCUT2D eigenvalue weighted by Gasteiger charge is 2.16. The van der Waals surface area contributed by atoms with E-state index in [2.05, 4.69) is 26.1 Å². The zero-order valence-corrected chi connectivity index (χ0v) is 13.0. The molecule has 1 aromatic carbocycles. The van der Waals surface area contributed by atoms with Gasteiger partial charge in [0.2, 0.25) is 0 Å². The molecule has 0 radical (unpaired) electrons. The van der Waals surface area contributed by atoms with E-state index in [1.165, 1.54) is 0 Å². The molecule has 1 aromatic rings. The Morgan fingerprint density at radius 1 is 1.35 bits per heavy atom. The SMILES string of the molecule is CCCNC(CCc1cccc([N+](=O)[O-])c1C)C(C)C. The van der Waals surface area contributed by atoms with Crippen LogP contribution in [0.15, 0.2) is 18.2 Å². The molecule has 0 spiro atoms. The molecule has 0 fully saturated rings. The van der Waals surface area contributed by atoms with Crippen molar-refractivity contribution in [2.24, 2.45) is 5.92 Å². The highest BCUT2D eigenvalue weighted by molar-refractivity contribution is 5.44. The van der Waals surface area contributed by atoms with Crippen molar-refractivity contribution in [1.29, 1.82) is 0 Å². The van der Waals surface area contributed by atoms with Gasteiger partial charge in [-0.2, -0.15) is 0 Å². The summed E-state index contributed by atoms with van der Waals surface area (Å²) >= 11 is 0. The quantitative estimate of drug-likeness (QED) is 0.580. The summed E-state index contributed by atoms with van der Waals surface area (Å²) in [4.78, 5) is 10.7. The normalized spacial score (nSPS) is 12.7. The first kappa shape index (κ1) is 16.6. The van der Waals surface area contributed by atoms with Crippen LogP contribution in [0.5, 0.6) is 0 Å². The smallest absolute Gasteiger partial charge is 0.272 e. The number of benzene rings is 1. The van der Waals surface area contributed by atoms with Crippen LogP contribution in [0.1, 0.15) is 44.7 Å². The summed E-state index contributed by atoms with van der Waals surface area (Å²) in [6, 6.07) is 5.83. The summed E-state index contributed by atoms with van der Waals surface area (Å²) in [6.07, 6.45) is 3.02. The van der Waals surface area contributed by atoms with E-state index in [1.807, 2.05) is 13.0 Å². The van der Waals surface area contributed by atoms with Crippen LogP contribution in [0.4, 0.5) is 5.69 Å². The number of nitro benzene ring substituents is 1. The molecule has 1 unspecified atom stereocenters. The Kier molecular flexibility index (Phi) is 6.65. The van der Waals surface area contributed by atoms with Crippen LogP contribution in [-0.2, 0) is 6.42 Å². The lowest BCUT2D eigenvalue weighted by Crippen LogP contribution is -2.34. The molecule has 112 valence electrons. The van der Waals surface area contributed by atoms with Gasteiger partial charge in [-0.15, -0.1) is 0 Å². The Balaban J connectivity index is 2.73. The molecule has 0 aromatic heterocycles. The summed E-state index contributed by atoms with van der Waals surface area (Å²) < 4.78 is 0. The largest absolute Gasteiger partial charge is 0.314 e. The van der Waals surface area contributed by atoms with Gasteiger partial charge in [0, 0.05) is 17.7 Å². The average molecular weight is 278 g/mol. The fourth-order valence-corrected chi connectivity index (χ4v) is 2.45. The van der Waals surface area contributed by atoms with Crippen molar-refractivity contribution < 1.29 is 4.92 Å². The van der Waals surface area contributed by atoms with Crippen molar-refractivity contribution in [2.75, 3.05) is 6.54 Å². The van der Waals surface area contributed by atoms with Gasteiger partial charge < -0.3 is 5.32 Å². The lowest BCUT2D eigenvalue weighted by molar-refractivity contribution is -0.385. The van der Waals surface area contributed by atoms with Gasteiger partial charge >= 0.3 is 0 Å². The summed E-state index contributed by atoms with van der Waals surface area (Å²) in [5.41, 5.74) is 2.11. The Bertz CT molecular complexity index is 444. The fourth-order valence-electron chi connectivity index (χ4n) is 2.45. The van der Waals surface area contributed by atoms with Gasteiger partial charge in [-0.25, -0.2) is 0 Å². The average Bonchev–Trinajstić information content (AvgIpc) is 2.39. The molecular weight excluding hydrogens is 252 g/mol. The molecule has 0 amide bonds. The van der Waals surface area contributed by atoms with Crippen LogP contribution in [0.25, 0.3) is 0 Å². The second kappa shape index (κ2) is 8.00. The maximum atomic E-state index is 11.0. The lowest BCUT2D eigenvalue weighted by Gasteiger charge is -2.22. The monoisotopic (exact) mass is 278 g/mol. The third-order valence-electron chi connectivity index (χ3n) is 3.80. The highest BCUT2D eigenvalue weighted by Crippen LogP contribution is 2.23. The Hall–Kier alpha value is -1.42. The summed E-state index contributed by atoms with van der Waals surface area (Å²) in [5.74, 6) is 0.570. The molecule has 4 heteroatoms. The zero-order valence-electron chi connectivity index (χ0n) is 13.0. The molecule has 0 aliphatic rings. The molecule has 20 heavy (non-hydrogen) atoms. The van der Waals surface area contributed by atoms with Crippen LogP contribution in [0, 0.1) is 23.0 Å². The number of nitro groups is 1. The van der Waals surface area contributed by atoms with Crippen LogP contribution in [-0.4, -0.2) is 17.5 Å². The minimum absolute atomic E-state index is 0.227.